The van der Waals surface area contributed by atoms with Crippen molar-refractivity contribution in [1.29, 1.82) is 0 Å². The molecule has 2 aromatic heterocycles. The van der Waals surface area contributed by atoms with E-state index in [2.05, 4.69) is 48.3 Å². The molecule has 1 fully saturated rings. The molecule has 0 aliphatic carbocycles. The molecule has 1 aliphatic heterocycles. The van der Waals surface area contributed by atoms with Crippen LogP contribution in [0.3, 0.4) is 0 Å². The number of aromatic nitrogens is 4. The molecule has 7 atom stereocenters. The number of aliphatic hydroxyl groups is 2. The molecule has 0 radical (unpaired) electrons. The maximum Gasteiger partial charge on any atom is 0.481 e. The number of anilines is 1. The Morgan fingerprint density at radius 1 is 0.879 bits per heavy atom. The maximum absolute atomic E-state index is 12.7. The smallest absolute Gasteiger partial charge is 0.386 e. The molecule has 2 amide bonds. The Hall–Kier alpha value is -2.44. The van der Waals surface area contributed by atoms with Crippen LogP contribution in [0, 0.1) is 11.3 Å². The number of nitrogens with two attached hydrogens (primary N) is 1. The second-order valence-corrected chi connectivity index (χ2v) is 22.5. The molecule has 1 aliphatic rings. The SMILES string of the molecule is CC(C)CCCCCCCCCCCCCC(=O)SCCNC(=O)CCNC(=O)[C@@H](O)C(C)(C)COP(=O)(O)OP(=O)(O)OC[C@@H]1O[C@H](n2cnc3c(N)ncnc32)[C@@H](O)[C@H]1OP(=O)(O)O. The van der Waals surface area contributed by atoms with E-state index in [9.17, 15) is 57.9 Å². The highest BCUT2D eigenvalue weighted by Gasteiger charge is 2.50. The fraction of sp³-hybridized carbons (Fsp3) is 0.789. The van der Waals surface area contributed by atoms with Gasteiger partial charge in [-0.2, -0.15) is 4.31 Å². The zero-order valence-electron chi connectivity index (χ0n) is 37.8. The number of hydrogen-bond acceptors (Lipinski definition) is 18. The van der Waals surface area contributed by atoms with Crippen molar-refractivity contribution in [1.82, 2.24) is 30.2 Å². The van der Waals surface area contributed by atoms with Crippen LogP contribution in [0.1, 0.15) is 124 Å². The van der Waals surface area contributed by atoms with Crippen LogP contribution in [-0.2, 0) is 50.7 Å². The highest BCUT2D eigenvalue weighted by atomic mass is 32.2. The van der Waals surface area contributed by atoms with Gasteiger partial charge < -0.3 is 50.9 Å². The monoisotopic (exact) mass is 1020 g/mol. The van der Waals surface area contributed by atoms with Crippen LogP contribution in [0.5, 0.6) is 0 Å². The summed E-state index contributed by atoms with van der Waals surface area (Å²) in [6, 6.07) is 0. The van der Waals surface area contributed by atoms with Gasteiger partial charge in [0.15, 0.2) is 22.8 Å². The number of thioether (sulfide) groups is 1. The third kappa shape index (κ3) is 21.1. The first-order chi connectivity index (χ1) is 30.9. The topological polar surface area (TPSA) is 364 Å². The number of amides is 2. The third-order valence-electron chi connectivity index (χ3n) is 10.4. The van der Waals surface area contributed by atoms with Crippen LogP contribution < -0.4 is 16.4 Å². The second kappa shape index (κ2) is 27.7. The molecule has 0 aromatic carbocycles. The van der Waals surface area contributed by atoms with Crippen molar-refractivity contribution in [3.8, 4) is 0 Å². The predicted octanol–water partition coefficient (Wildman–Crippen LogP) is 4.39. The van der Waals surface area contributed by atoms with Gasteiger partial charge in [0, 0.05) is 37.1 Å². The molecule has 0 spiro atoms. The molecule has 28 heteroatoms. The second-order valence-electron chi connectivity index (χ2n) is 17.1. The van der Waals surface area contributed by atoms with Gasteiger partial charge in [-0.15, -0.1) is 0 Å². The van der Waals surface area contributed by atoms with Gasteiger partial charge in [0.2, 0.25) is 11.8 Å². The number of nitrogens with zero attached hydrogens (tertiary/aromatic N) is 4. The lowest BCUT2D eigenvalue weighted by Gasteiger charge is -2.30. The maximum atomic E-state index is 12.7. The van der Waals surface area contributed by atoms with Crippen LogP contribution in [0.25, 0.3) is 11.2 Å². The van der Waals surface area contributed by atoms with E-state index in [0.29, 0.717) is 12.2 Å². The lowest BCUT2D eigenvalue weighted by atomic mass is 9.87. The molecule has 0 saturated carbocycles. The average molecular weight is 1020 g/mol. The number of nitrogen functional groups attached to an aromatic ring is 1. The van der Waals surface area contributed by atoms with Gasteiger partial charge >= 0.3 is 23.5 Å². The van der Waals surface area contributed by atoms with E-state index in [-0.39, 0.29) is 41.6 Å². The van der Waals surface area contributed by atoms with E-state index < -0.39 is 84.6 Å². The van der Waals surface area contributed by atoms with Crippen molar-refractivity contribution in [3.63, 3.8) is 0 Å². The Balaban J connectivity index is 1.31. The lowest BCUT2D eigenvalue weighted by Crippen LogP contribution is -2.46. The van der Waals surface area contributed by atoms with Gasteiger partial charge in [0.05, 0.1) is 19.5 Å². The summed E-state index contributed by atoms with van der Waals surface area (Å²) >= 11 is 1.15. The number of hydrogen-bond donors (Lipinski definition) is 9. The van der Waals surface area contributed by atoms with Gasteiger partial charge in [-0.3, -0.25) is 32.5 Å². The first-order valence-electron chi connectivity index (χ1n) is 22.0. The quantitative estimate of drug-likeness (QED) is 0.0353. The Bertz CT molecular complexity index is 1990. The number of fused-ring (bicyclic) bond motifs is 1. The molecule has 66 heavy (non-hydrogen) atoms. The summed E-state index contributed by atoms with van der Waals surface area (Å²) in [7, 11) is -16.4. The third-order valence-corrected chi connectivity index (χ3v) is 14.5. The number of ether oxygens (including phenoxy) is 1. The van der Waals surface area contributed by atoms with E-state index in [1.54, 1.807) is 0 Å². The minimum Gasteiger partial charge on any atom is -0.386 e. The van der Waals surface area contributed by atoms with E-state index >= 15 is 0 Å². The Labute approximate surface area is 388 Å². The van der Waals surface area contributed by atoms with Crippen LogP contribution in [0.2, 0.25) is 0 Å². The number of rotatable bonds is 33. The van der Waals surface area contributed by atoms with Crippen LogP contribution >= 0.6 is 35.2 Å². The number of carbonyl (C=O) groups excluding carboxylic acids is 3. The molecule has 3 heterocycles. The average Bonchev–Trinajstić information content (AvgIpc) is 3.79. The molecule has 1 saturated heterocycles. The van der Waals surface area contributed by atoms with Crippen molar-refractivity contribution in [2.24, 2.45) is 11.3 Å². The van der Waals surface area contributed by atoms with Gasteiger partial charge in [-0.05, 0) is 12.3 Å². The summed E-state index contributed by atoms with van der Waals surface area (Å²) in [5, 5.41) is 26.7. The molecule has 0 bridgehead atoms. The molecular formula is C38H68N7O17P3S. The molecule has 3 rings (SSSR count). The normalized spacial score (nSPS) is 20.3. The summed E-state index contributed by atoms with van der Waals surface area (Å²) in [4.78, 5) is 88.3. The Kier molecular flexibility index (Phi) is 24.3. The van der Waals surface area contributed by atoms with E-state index in [1.807, 2.05) is 0 Å². The fourth-order valence-corrected chi connectivity index (χ4v) is 10.3. The first-order valence-corrected chi connectivity index (χ1v) is 27.5. The van der Waals surface area contributed by atoms with Crippen LogP contribution in [0.4, 0.5) is 5.82 Å². The summed E-state index contributed by atoms with van der Waals surface area (Å²) in [5.74, 6) is -0.232. The van der Waals surface area contributed by atoms with E-state index in [0.717, 1.165) is 54.2 Å². The molecule has 378 valence electrons. The summed E-state index contributed by atoms with van der Waals surface area (Å²) in [5.41, 5.74) is 4.29. The van der Waals surface area contributed by atoms with Crippen LogP contribution in [0.15, 0.2) is 12.7 Å². The number of aliphatic hydroxyl groups excluding tert-OH is 2. The van der Waals surface area contributed by atoms with Crippen molar-refractivity contribution >= 4 is 69.1 Å². The van der Waals surface area contributed by atoms with Crippen LogP contribution in [-0.4, -0.2) is 123 Å². The molecular weight excluding hydrogens is 951 g/mol. The largest absolute Gasteiger partial charge is 0.481 e. The zero-order valence-corrected chi connectivity index (χ0v) is 41.3. The van der Waals surface area contributed by atoms with Gasteiger partial charge in [-0.25, -0.2) is 28.6 Å². The minimum atomic E-state index is -5.57. The Morgan fingerprint density at radius 2 is 1.48 bits per heavy atom. The molecule has 2 unspecified atom stereocenters. The molecule has 24 nitrogen and oxygen atoms in total. The minimum absolute atomic E-state index is 0.0337. The zero-order chi connectivity index (χ0) is 49.1. The molecule has 10 N–H and O–H groups in total. The highest BCUT2D eigenvalue weighted by Crippen LogP contribution is 2.61. The summed E-state index contributed by atoms with van der Waals surface area (Å²) in [6.45, 7) is 5.12. The highest BCUT2D eigenvalue weighted by molar-refractivity contribution is 8.13. The Morgan fingerprint density at radius 3 is 2.11 bits per heavy atom. The lowest BCUT2D eigenvalue weighted by molar-refractivity contribution is -0.137. The number of nitrogens with one attached hydrogen (secondary N) is 2. The number of imidazole rings is 1. The van der Waals surface area contributed by atoms with Crippen molar-refractivity contribution in [2.45, 2.75) is 148 Å². The van der Waals surface area contributed by atoms with E-state index in [1.165, 1.54) is 71.6 Å². The number of phosphoric acid groups is 3. The fourth-order valence-electron chi connectivity index (χ4n) is 6.78. The summed E-state index contributed by atoms with van der Waals surface area (Å²) < 4.78 is 62.4. The van der Waals surface area contributed by atoms with Gasteiger partial charge in [-0.1, -0.05) is 110 Å². The van der Waals surface area contributed by atoms with Gasteiger partial charge in [0.25, 0.3) is 0 Å². The van der Waals surface area contributed by atoms with Crippen molar-refractivity contribution in [2.75, 3.05) is 37.8 Å². The predicted molar refractivity (Wildman–Crippen MR) is 242 cm³/mol. The van der Waals surface area contributed by atoms with Crippen molar-refractivity contribution < 1.29 is 80.5 Å². The molecule has 2 aromatic rings. The van der Waals surface area contributed by atoms with Gasteiger partial charge in [0.1, 0.15) is 36.3 Å². The van der Waals surface area contributed by atoms with E-state index in [4.69, 9.17) is 19.5 Å². The summed E-state index contributed by atoms with van der Waals surface area (Å²) in [6.07, 6.45) is 8.18. The van der Waals surface area contributed by atoms with Crippen molar-refractivity contribution in [3.05, 3.63) is 12.7 Å². The number of phosphoric ester groups is 3. The number of unbranched alkanes of at least 4 members (excludes halogenated alkanes) is 10. The standard InChI is InChI=1S/C38H68N7O17P3S/c1-26(2)16-14-12-10-8-6-5-7-9-11-13-15-17-29(47)66-21-20-40-28(46)18-19-41-36(50)33(49)38(3,4)23-59-65(56,57)62-64(54,55)58-22-27-32(61-63(51,52)53)31(48)37(60-27)45-25-44-30-34(39)42-24-43-35(30)45/h24-27,31-33,37,48-49H,5-23H2,1-4H3,(H,40,46)(H,41,50)(H,54,55)(H,56,57)(H2,39,42,43)(H2,51,52,53)/t27-,31-,32-,33+,37-/m0/s1. The number of carbonyl (C=O) groups is 3. The first kappa shape index (κ1) is 57.9.